The second-order valence-electron chi connectivity index (χ2n) is 6.16. The van der Waals surface area contributed by atoms with Gasteiger partial charge in [0.2, 0.25) is 5.91 Å². The lowest BCUT2D eigenvalue weighted by atomic mass is 9.88. The smallest absolute Gasteiger partial charge is 0.225 e. The SMILES string of the molecule is CN1CCC([C@@H]2CCCN2C(=O)C2CC2)CC1. The summed E-state index contributed by atoms with van der Waals surface area (Å²) < 4.78 is 0. The first-order valence-electron chi connectivity index (χ1n) is 7.25. The van der Waals surface area contributed by atoms with Crippen LogP contribution in [0.2, 0.25) is 0 Å². The summed E-state index contributed by atoms with van der Waals surface area (Å²) in [5.74, 6) is 1.66. The van der Waals surface area contributed by atoms with E-state index in [0.717, 1.165) is 25.3 Å². The Hall–Kier alpha value is -0.570. The predicted molar refractivity (Wildman–Crippen MR) is 67.7 cm³/mol. The summed E-state index contributed by atoms with van der Waals surface area (Å²) in [7, 11) is 2.21. The maximum absolute atomic E-state index is 12.2. The van der Waals surface area contributed by atoms with Gasteiger partial charge < -0.3 is 9.80 Å². The molecule has 3 aliphatic rings. The molecule has 1 atom stereocenters. The molecular weight excluding hydrogens is 212 g/mol. The number of amides is 1. The van der Waals surface area contributed by atoms with Crippen molar-refractivity contribution in [3.63, 3.8) is 0 Å². The lowest BCUT2D eigenvalue weighted by Gasteiger charge is -2.37. The molecule has 0 aromatic carbocycles. The zero-order valence-electron chi connectivity index (χ0n) is 10.9. The molecule has 3 fully saturated rings. The first-order valence-corrected chi connectivity index (χ1v) is 7.25. The van der Waals surface area contributed by atoms with Gasteiger partial charge in [0.1, 0.15) is 0 Å². The van der Waals surface area contributed by atoms with Gasteiger partial charge in [-0.3, -0.25) is 4.79 Å². The molecular formula is C14H24N2O. The highest BCUT2D eigenvalue weighted by Crippen LogP contribution is 2.37. The van der Waals surface area contributed by atoms with Crippen molar-refractivity contribution in [2.24, 2.45) is 11.8 Å². The average Bonchev–Trinajstić information content (AvgIpc) is 3.07. The molecule has 2 saturated heterocycles. The van der Waals surface area contributed by atoms with Crippen LogP contribution in [-0.4, -0.2) is 48.4 Å². The molecule has 1 amide bonds. The van der Waals surface area contributed by atoms with E-state index in [-0.39, 0.29) is 0 Å². The largest absolute Gasteiger partial charge is 0.339 e. The van der Waals surface area contributed by atoms with Crippen LogP contribution in [-0.2, 0) is 4.79 Å². The quantitative estimate of drug-likeness (QED) is 0.729. The van der Waals surface area contributed by atoms with E-state index < -0.39 is 0 Å². The van der Waals surface area contributed by atoms with E-state index in [4.69, 9.17) is 0 Å². The third-order valence-corrected chi connectivity index (χ3v) is 4.82. The maximum Gasteiger partial charge on any atom is 0.225 e. The lowest BCUT2D eigenvalue weighted by Crippen LogP contribution is -2.44. The Labute approximate surface area is 104 Å². The lowest BCUT2D eigenvalue weighted by molar-refractivity contribution is -0.134. The Morgan fingerprint density at radius 1 is 1.00 bits per heavy atom. The molecule has 3 heteroatoms. The van der Waals surface area contributed by atoms with Gasteiger partial charge in [-0.25, -0.2) is 0 Å². The van der Waals surface area contributed by atoms with Crippen molar-refractivity contribution in [2.45, 2.75) is 44.6 Å². The molecule has 0 aromatic rings. The van der Waals surface area contributed by atoms with Crippen LogP contribution in [0.3, 0.4) is 0 Å². The topological polar surface area (TPSA) is 23.6 Å². The number of hydrogen-bond acceptors (Lipinski definition) is 2. The van der Waals surface area contributed by atoms with Gasteiger partial charge in [-0.2, -0.15) is 0 Å². The molecule has 2 heterocycles. The summed E-state index contributed by atoms with van der Waals surface area (Å²) in [5.41, 5.74) is 0. The van der Waals surface area contributed by atoms with Gasteiger partial charge >= 0.3 is 0 Å². The number of carbonyl (C=O) groups is 1. The highest BCUT2D eigenvalue weighted by atomic mass is 16.2. The fraction of sp³-hybridized carbons (Fsp3) is 0.929. The fourth-order valence-corrected chi connectivity index (χ4v) is 3.53. The fourth-order valence-electron chi connectivity index (χ4n) is 3.53. The van der Waals surface area contributed by atoms with Gasteiger partial charge in [-0.05, 0) is 64.6 Å². The van der Waals surface area contributed by atoms with Crippen molar-refractivity contribution in [1.29, 1.82) is 0 Å². The number of rotatable bonds is 2. The van der Waals surface area contributed by atoms with Crippen LogP contribution in [0.4, 0.5) is 0 Å². The maximum atomic E-state index is 12.2. The monoisotopic (exact) mass is 236 g/mol. The molecule has 2 aliphatic heterocycles. The van der Waals surface area contributed by atoms with Crippen LogP contribution in [0, 0.1) is 11.8 Å². The zero-order chi connectivity index (χ0) is 11.8. The Morgan fingerprint density at radius 3 is 2.35 bits per heavy atom. The van der Waals surface area contributed by atoms with Gasteiger partial charge in [-0.15, -0.1) is 0 Å². The predicted octanol–water partition coefficient (Wildman–Crippen LogP) is 1.73. The summed E-state index contributed by atoms with van der Waals surface area (Å²) in [6, 6.07) is 0.580. The number of carbonyl (C=O) groups excluding carboxylic acids is 1. The van der Waals surface area contributed by atoms with Crippen molar-refractivity contribution in [1.82, 2.24) is 9.80 Å². The normalized spacial score (nSPS) is 32.1. The molecule has 1 saturated carbocycles. The molecule has 0 aromatic heterocycles. The molecule has 96 valence electrons. The molecule has 0 bridgehead atoms. The van der Waals surface area contributed by atoms with E-state index in [9.17, 15) is 4.79 Å². The highest BCUT2D eigenvalue weighted by Gasteiger charge is 2.41. The van der Waals surface area contributed by atoms with E-state index in [1.165, 1.54) is 38.8 Å². The van der Waals surface area contributed by atoms with Crippen LogP contribution < -0.4 is 0 Å². The second-order valence-corrected chi connectivity index (χ2v) is 6.16. The van der Waals surface area contributed by atoms with Gasteiger partial charge in [-0.1, -0.05) is 0 Å². The van der Waals surface area contributed by atoms with Crippen molar-refractivity contribution in [3.8, 4) is 0 Å². The third kappa shape index (κ3) is 2.35. The molecule has 3 rings (SSSR count). The Bertz CT molecular complexity index is 293. The average molecular weight is 236 g/mol. The number of nitrogens with zero attached hydrogens (tertiary/aromatic N) is 2. The van der Waals surface area contributed by atoms with Gasteiger partial charge in [0.25, 0.3) is 0 Å². The van der Waals surface area contributed by atoms with E-state index in [0.29, 0.717) is 17.9 Å². The molecule has 0 spiro atoms. The summed E-state index contributed by atoms with van der Waals surface area (Å²) >= 11 is 0. The van der Waals surface area contributed by atoms with Gasteiger partial charge in [0.05, 0.1) is 0 Å². The van der Waals surface area contributed by atoms with Gasteiger partial charge in [0, 0.05) is 18.5 Å². The zero-order valence-corrected chi connectivity index (χ0v) is 10.9. The molecule has 0 radical (unpaired) electrons. The molecule has 3 nitrogen and oxygen atoms in total. The molecule has 0 unspecified atom stereocenters. The molecule has 17 heavy (non-hydrogen) atoms. The Balaban J connectivity index is 1.62. The van der Waals surface area contributed by atoms with E-state index in [1.807, 2.05) is 0 Å². The van der Waals surface area contributed by atoms with Crippen LogP contribution in [0.5, 0.6) is 0 Å². The van der Waals surface area contributed by atoms with Crippen molar-refractivity contribution < 1.29 is 4.79 Å². The van der Waals surface area contributed by atoms with Crippen molar-refractivity contribution in [2.75, 3.05) is 26.7 Å². The van der Waals surface area contributed by atoms with Crippen molar-refractivity contribution >= 4 is 5.91 Å². The first kappa shape index (κ1) is 11.5. The minimum atomic E-state index is 0.405. The standard InChI is InChI=1S/C14H24N2O/c1-15-9-6-11(7-10-15)13-3-2-8-16(13)14(17)12-4-5-12/h11-13H,2-10H2,1H3/t13-/m0/s1. The van der Waals surface area contributed by atoms with Crippen LogP contribution in [0.25, 0.3) is 0 Å². The first-order chi connectivity index (χ1) is 8.25. The minimum Gasteiger partial charge on any atom is -0.339 e. The Kier molecular flexibility index (Phi) is 3.12. The highest BCUT2D eigenvalue weighted by molar-refractivity contribution is 5.81. The summed E-state index contributed by atoms with van der Waals surface area (Å²) in [4.78, 5) is 16.9. The van der Waals surface area contributed by atoms with E-state index in [2.05, 4.69) is 16.8 Å². The number of piperidine rings is 1. The molecule has 1 aliphatic carbocycles. The summed E-state index contributed by atoms with van der Waals surface area (Å²) in [5, 5.41) is 0. The Morgan fingerprint density at radius 2 is 1.71 bits per heavy atom. The van der Waals surface area contributed by atoms with Crippen molar-refractivity contribution in [3.05, 3.63) is 0 Å². The number of hydrogen-bond donors (Lipinski definition) is 0. The van der Waals surface area contributed by atoms with Gasteiger partial charge in [0.15, 0.2) is 0 Å². The van der Waals surface area contributed by atoms with Crippen LogP contribution in [0.15, 0.2) is 0 Å². The van der Waals surface area contributed by atoms with Crippen LogP contribution in [0.1, 0.15) is 38.5 Å². The van der Waals surface area contributed by atoms with E-state index >= 15 is 0 Å². The summed E-state index contributed by atoms with van der Waals surface area (Å²) in [6.07, 6.45) is 7.36. The number of likely N-dealkylation sites (tertiary alicyclic amines) is 2. The molecule has 0 N–H and O–H groups in total. The second kappa shape index (κ2) is 4.60. The van der Waals surface area contributed by atoms with Crippen LogP contribution >= 0.6 is 0 Å². The summed E-state index contributed by atoms with van der Waals surface area (Å²) in [6.45, 7) is 3.46. The van der Waals surface area contributed by atoms with E-state index in [1.54, 1.807) is 0 Å². The third-order valence-electron chi connectivity index (χ3n) is 4.82. The minimum absolute atomic E-state index is 0.405.